The quantitative estimate of drug-likeness (QED) is 0.804. The molecular formula is C20H20O4. The van der Waals surface area contributed by atoms with Gasteiger partial charge in [0.1, 0.15) is 0 Å². The number of carbonyl (C=O) groups is 1. The molecule has 124 valence electrons. The Labute approximate surface area is 141 Å². The molecular weight excluding hydrogens is 304 g/mol. The second-order valence-corrected chi connectivity index (χ2v) is 5.67. The van der Waals surface area contributed by atoms with Gasteiger partial charge >= 0.3 is 5.97 Å². The lowest BCUT2D eigenvalue weighted by Gasteiger charge is -2.39. The van der Waals surface area contributed by atoms with E-state index in [1.54, 1.807) is 13.2 Å². The molecule has 0 radical (unpaired) electrons. The molecule has 2 atom stereocenters. The van der Waals surface area contributed by atoms with Gasteiger partial charge < -0.3 is 14.2 Å². The lowest BCUT2D eigenvalue weighted by Crippen LogP contribution is -2.38. The highest BCUT2D eigenvalue weighted by atomic mass is 16.7. The maximum atomic E-state index is 12.1. The van der Waals surface area contributed by atoms with Gasteiger partial charge in [0.2, 0.25) is 11.5 Å². The lowest BCUT2D eigenvalue weighted by atomic mass is 9.86. The van der Waals surface area contributed by atoms with Gasteiger partial charge in [-0.25, -0.2) is 4.79 Å². The molecule has 0 N–H and O–H groups in total. The molecule has 0 bridgehead atoms. The van der Waals surface area contributed by atoms with Crippen LogP contribution in [0.25, 0.3) is 0 Å². The number of hydrogen-bond acceptors (Lipinski definition) is 4. The molecule has 0 saturated heterocycles. The molecule has 1 aliphatic rings. The fourth-order valence-corrected chi connectivity index (χ4v) is 3.02. The van der Waals surface area contributed by atoms with Crippen LogP contribution in [0, 0.1) is 0 Å². The molecule has 0 aliphatic carbocycles. The van der Waals surface area contributed by atoms with Crippen LogP contribution in [0.2, 0.25) is 0 Å². The van der Waals surface area contributed by atoms with Crippen molar-refractivity contribution in [1.29, 1.82) is 0 Å². The van der Waals surface area contributed by atoms with E-state index in [2.05, 4.69) is 0 Å². The number of rotatable bonds is 4. The molecule has 0 fully saturated rings. The Kier molecular flexibility index (Phi) is 4.67. The maximum Gasteiger partial charge on any atom is 0.373 e. The predicted molar refractivity (Wildman–Crippen MR) is 90.1 cm³/mol. The van der Waals surface area contributed by atoms with Crippen molar-refractivity contribution < 1.29 is 19.0 Å². The third-order valence-corrected chi connectivity index (χ3v) is 4.27. The van der Waals surface area contributed by atoms with E-state index >= 15 is 0 Å². The van der Waals surface area contributed by atoms with Crippen molar-refractivity contribution in [2.24, 2.45) is 0 Å². The zero-order valence-corrected chi connectivity index (χ0v) is 13.8. The first-order valence-electron chi connectivity index (χ1n) is 7.83. The van der Waals surface area contributed by atoms with E-state index < -0.39 is 11.8 Å². The number of allylic oxidation sites excluding steroid dienone is 1. The molecule has 2 aromatic rings. The van der Waals surface area contributed by atoms with Gasteiger partial charge in [-0.3, -0.25) is 0 Å². The Morgan fingerprint density at radius 1 is 1.04 bits per heavy atom. The molecule has 0 amide bonds. The van der Waals surface area contributed by atoms with Gasteiger partial charge in [-0.2, -0.15) is 0 Å². The molecule has 1 aliphatic heterocycles. The van der Waals surface area contributed by atoms with Crippen molar-refractivity contribution in [1.82, 2.24) is 0 Å². The second-order valence-electron chi connectivity index (χ2n) is 5.67. The van der Waals surface area contributed by atoms with Gasteiger partial charge in [-0.15, -0.1) is 0 Å². The fraction of sp³-hybridized carbons (Fsp3) is 0.250. The van der Waals surface area contributed by atoms with Crippen LogP contribution in [0.5, 0.6) is 0 Å². The average molecular weight is 324 g/mol. The Morgan fingerprint density at radius 2 is 1.67 bits per heavy atom. The number of methoxy groups -OCH3 is 2. The molecule has 0 unspecified atom stereocenters. The lowest BCUT2D eigenvalue weighted by molar-refractivity contribution is -0.225. The topological polar surface area (TPSA) is 44.8 Å². The summed E-state index contributed by atoms with van der Waals surface area (Å²) in [6.45, 7) is 0. The second kappa shape index (κ2) is 6.89. The van der Waals surface area contributed by atoms with E-state index in [1.807, 2.05) is 60.7 Å². The minimum Gasteiger partial charge on any atom is -0.463 e. The average Bonchev–Trinajstić information content (AvgIpc) is 2.68. The fourth-order valence-electron chi connectivity index (χ4n) is 3.02. The summed E-state index contributed by atoms with van der Waals surface area (Å²) in [5.41, 5.74) is 1.96. The molecule has 4 nitrogen and oxygen atoms in total. The predicted octanol–water partition coefficient (Wildman–Crippen LogP) is 3.75. The SMILES string of the molecule is COC(=O)C1=C[C@H](c2ccccc2)C[C@@](OC)(c2ccccc2)O1. The Balaban J connectivity index is 2.06. The maximum absolute atomic E-state index is 12.1. The van der Waals surface area contributed by atoms with Crippen LogP contribution in [-0.4, -0.2) is 20.2 Å². The highest BCUT2D eigenvalue weighted by Crippen LogP contribution is 2.43. The summed E-state index contributed by atoms with van der Waals surface area (Å²) in [5.74, 6) is -1.38. The van der Waals surface area contributed by atoms with Crippen LogP contribution < -0.4 is 0 Å². The van der Waals surface area contributed by atoms with Crippen molar-refractivity contribution in [3.8, 4) is 0 Å². The molecule has 3 rings (SSSR count). The van der Waals surface area contributed by atoms with E-state index in [9.17, 15) is 4.79 Å². The summed E-state index contributed by atoms with van der Waals surface area (Å²) < 4.78 is 16.6. The van der Waals surface area contributed by atoms with Crippen LogP contribution in [0.3, 0.4) is 0 Å². The summed E-state index contributed by atoms with van der Waals surface area (Å²) >= 11 is 0. The highest BCUT2D eigenvalue weighted by molar-refractivity contribution is 5.86. The largest absolute Gasteiger partial charge is 0.463 e. The van der Waals surface area contributed by atoms with Gasteiger partial charge in [0, 0.05) is 25.0 Å². The first kappa shape index (κ1) is 16.3. The third-order valence-electron chi connectivity index (χ3n) is 4.27. The number of ether oxygens (including phenoxy) is 3. The molecule has 24 heavy (non-hydrogen) atoms. The Morgan fingerprint density at radius 3 is 2.25 bits per heavy atom. The van der Waals surface area contributed by atoms with Gasteiger partial charge in [-0.1, -0.05) is 60.7 Å². The van der Waals surface area contributed by atoms with Crippen LogP contribution in [0.1, 0.15) is 23.5 Å². The van der Waals surface area contributed by atoms with E-state index in [-0.39, 0.29) is 11.7 Å². The normalized spacial score (nSPS) is 23.1. The van der Waals surface area contributed by atoms with Crippen molar-refractivity contribution >= 4 is 5.97 Å². The van der Waals surface area contributed by atoms with Gasteiger partial charge in [-0.05, 0) is 11.6 Å². The number of benzene rings is 2. The minimum atomic E-state index is -1.03. The molecule has 0 aromatic heterocycles. The molecule has 0 saturated carbocycles. The number of esters is 1. The summed E-state index contributed by atoms with van der Waals surface area (Å²) in [6.07, 6.45) is 2.37. The van der Waals surface area contributed by atoms with E-state index in [0.29, 0.717) is 6.42 Å². The van der Waals surface area contributed by atoms with E-state index in [1.165, 1.54) is 7.11 Å². The van der Waals surface area contributed by atoms with Crippen LogP contribution in [0.4, 0.5) is 0 Å². The van der Waals surface area contributed by atoms with Crippen molar-refractivity contribution in [2.45, 2.75) is 18.1 Å². The number of carbonyl (C=O) groups excluding carboxylic acids is 1. The molecule has 1 heterocycles. The zero-order chi connectivity index (χ0) is 17.0. The monoisotopic (exact) mass is 324 g/mol. The van der Waals surface area contributed by atoms with E-state index in [4.69, 9.17) is 14.2 Å². The number of hydrogen-bond donors (Lipinski definition) is 0. The van der Waals surface area contributed by atoms with Crippen molar-refractivity contribution in [3.63, 3.8) is 0 Å². The summed E-state index contributed by atoms with van der Waals surface area (Å²) in [7, 11) is 2.94. The van der Waals surface area contributed by atoms with Gasteiger partial charge in [0.25, 0.3) is 0 Å². The first-order valence-corrected chi connectivity index (χ1v) is 7.83. The van der Waals surface area contributed by atoms with Crippen LogP contribution in [0.15, 0.2) is 72.5 Å². The van der Waals surface area contributed by atoms with E-state index in [0.717, 1.165) is 11.1 Å². The van der Waals surface area contributed by atoms with Gasteiger partial charge in [0.05, 0.1) is 7.11 Å². The third kappa shape index (κ3) is 3.05. The minimum absolute atomic E-state index is 0.0193. The van der Waals surface area contributed by atoms with Crippen molar-refractivity contribution in [2.75, 3.05) is 14.2 Å². The van der Waals surface area contributed by atoms with Crippen molar-refractivity contribution in [3.05, 3.63) is 83.6 Å². The Hall–Kier alpha value is -2.59. The first-order chi connectivity index (χ1) is 11.7. The van der Waals surface area contributed by atoms with Gasteiger partial charge in [0.15, 0.2) is 0 Å². The van der Waals surface area contributed by atoms with Crippen LogP contribution in [-0.2, 0) is 24.8 Å². The summed E-state index contributed by atoms with van der Waals surface area (Å²) in [4.78, 5) is 12.1. The Bertz CT molecular complexity index is 724. The highest BCUT2D eigenvalue weighted by Gasteiger charge is 2.43. The molecule has 0 spiro atoms. The van der Waals surface area contributed by atoms with Crippen LogP contribution >= 0.6 is 0 Å². The zero-order valence-electron chi connectivity index (χ0n) is 13.8. The molecule has 4 heteroatoms. The summed E-state index contributed by atoms with van der Waals surface area (Å²) in [5, 5.41) is 0. The smallest absolute Gasteiger partial charge is 0.373 e. The standard InChI is InChI=1S/C20H20O4/c1-22-19(21)18-13-16(15-9-5-3-6-10-15)14-20(23-2,24-18)17-11-7-4-8-12-17/h3-13,16H,14H2,1-2H3/t16-,20-/m0/s1. The molecule has 2 aromatic carbocycles. The summed E-state index contributed by atoms with van der Waals surface area (Å²) in [6, 6.07) is 19.6.